The molecule has 0 spiro atoms. The molecule has 0 amide bonds. The number of hydrogen-bond acceptors (Lipinski definition) is 5. The molecule has 0 saturated carbocycles. The van der Waals surface area contributed by atoms with Crippen LogP contribution in [0.2, 0.25) is 0 Å². The maximum atomic E-state index is 10.7. The highest BCUT2D eigenvalue weighted by Crippen LogP contribution is 2.40. The molecule has 2 rings (SSSR count). The molecule has 0 radical (unpaired) electrons. The molecule has 7 nitrogen and oxygen atoms in total. The molecule has 0 fully saturated rings. The van der Waals surface area contributed by atoms with E-state index in [0.717, 1.165) is 5.52 Å². The molecule has 3 N–H and O–H groups in total. The standard InChI is InChI=1S/C17H21N5O2S/c1-4-8-21(9-5-2)11-22-14-7-6-12(24-3)10-13(14)15(16(22)23)19-20-17(18)25/h4-7,10,23H,1-2,8-9,11H2,3H3,(H2,18,25). The topological polar surface area (TPSA) is 88.4 Å². The van der Waals surface area contributed by atoms with Crippen LogP contribution in [-0.2, 0) is 6.67 Å². The molecule has 132 valence electrons. The Kier molecular flexibility index (Phi) is 6.26. The highest BCUT2D eigenvalue weighted by molar-refractivity contribution is 7.80. The summed E-state index contributed by atoms with van der Waals surface area (Å²) in [4.78, 5) is 2.05. The number of aromatic nitrogens is 1. The number of aromatic hydroxyl groups is 1. The normalized spacial score (nSPS) is 11.3. The van der Waals surface area contributed by atoms with Crippen molar-refractivity contribution in [1.29, 1.82) is 0 Å². The minimum absolute atomic E-state index is 0.0265. The maximum Gasteiger partial charge on any atom is 0.221 e. The summed E-state index contributed by atoms with van der Waals surface area (Å²) in [5, 5.41) is 19.0. The van der Waals surface area contributed by atoms with Crippen molar-refractivity contribution in [3.8, 4) is 11.6 Å². The number of rotatable bonds is 8. The SMILES string of the molecule is C=CCN(CC=C)Cn1c(O)c(N=NC(N)=S)c2cc(OC)ccc21. The molecular formula is C17H21N5O2S. The van der Waals surface area contributed by atoms with Crippen LogP contribution in [0.15, 0.2) is 53.7 Å². The number of thiocarbonyl (C=S) groups is 1. The number of hydrogen-bond donors (Lipinski definition) is 2. The number of benzene rings is 1. The maximum absolute atomic E-state index is 10.7. The first-order valence-corrected chi connectivity index (χ1v) is 7.97. The quantitative estimate of drug-likeness (QED) is 0.429. The fourth-order valence-corrected chi connectivity index (χ4v) is 2.57. The Labute approximate surface area is 151 Å². The lowest BCUT2D eigenvalue weighted by Gasteiger charge is -2.20. The van der Waals surface area contributed by atoms with Crippen molar-refractivity contribution >= 4 is 33.9 Å². The molecule has 25 heavy (non-hydrogen) atoms. The third kappa shape index (κ3) is 4.23. The van der Waals surface area contributed by atoms with Crippen molar-refractivity contribution in [2.24, 2.45) is 16.0 Å². The van der Waals surface area contributed by atoms with Crippen LogP contribution in [0.3, 0.4) is 0 Å². The van der Waals surface area contributed by atoms with E-state index < -0.39 is 0 Å². The van der Waals surface area contributed by atoms with Gasteiger partial charge in [0.1, 0.15) is 5.75 Å². The smallest absolute Gasteiger partial charge is 0.221 e. The van der Waals surface area contributed by atoms with Gasteiger partial charge in [0, 0.05) is 18.5 Å². The highest BCUT2D eigenvalue weighted by atomic mass is 32.1. The van der Waals surface area contributed by atoms with Crippen molar-refractivity contribution in [2.75, 3.05) is 20.2 Å². The van der Waals surface area contributed by atoms with E-state index in [1.165, 1.54) is 0 Å². The molecule has 8 heteroatoms. The van der Waals surface area contributed by atoms with Gasteiger partial charge in [0.25, 0.3) is 0 Å². The minimum atomic E-state index is -0.108. The van der Waals surface area contributed by atoms with Gasteiger partial charge in [0.15, 0.2) is 5.69 Å². The Bertz CT molecular complexity index is 818. The highest BCUT2D eigenvalue weighted by Gasteiger charge is 2.19. The van der Waals surface area contributed by atoms with Gasteiger partial charge in [-0.05, 0) is 30.4 Å². The summed E-state index contributed by atoms with van der Waals surface area (Å²) >= 11 is 4.73. The summed E-state index contributed by atoms with van der Waals surface area (Å²) in [6, 6.07) is 5.45. The Balaban J connectivity index is 2.58. The first-order chi connectivity index (χ1) is 12.0. The van der Waals surface area contributed by atoms with E-state index in [-0.39, 0.29) is 11.0 Å². The zero-order valence-corrected chi connectivity index (χ0v) is 14.9. The van der Waals surface area contributed by atoms with Crippen LogP contribution >= 0.6 is 12.2 Å². The molecule has 1 aromatic heterocycles. The van der Waals surface area contributed by atoms with Gasteiger partial charge < -0.3 is 15.6 Å². The molecule has 0 aliphatic rings. The summed E-state index contributed by atoms with van der Waals surface area (Å²) in [7, 11) is 1.57. The van der Waals surface area contributed by atoms with E-state index in [1.807, 2.05) is 12.1 Å². The van der Waals surface area contributed by atoms with Crippen LogP contribution in [0.5, 0.6) is 11.6 Å². The molecule has 0 aliphatic heterocycles. The van der Waals surface area contributed by atoms with Crippen molar-refractivity contribution in [3.63, 3.8) is 0 Å². The summed E-state index contributed by atoms with van der Waals surface area (Å²) in [6.45, 7) is 9.23. The van der Waals surface area contributed by atoms with Crippen LogP contribution < -0.4 is 10.5 Å². The van der Waals surface area contributed by atoms with Crippen LogP contribution in [0, 0.1) is 0 Å². The number of methoxy groups -OCH3 is 1. The van der Waals surface area contributed by atoms with Crippen molar-refractivity contribution < 1.29 is 9.84 Å². The Morgan fingerprint density at radius 3 is 2.64 bits per heavy atom. The largest absolute Gasteiger partial charge is 0.497 e. The van der Waals surface area contributed by atoms with Gasteiger partial charge in [0.2, 0.25) is 11.0 Å². The monoisotopic (exact) mass is 359 g/mol. The predicted octanol–water partition coefficient (Wildman–Crippen LogP) is 3.31. The Morgan fingerprint density at radius 1 is 1.40 bits per heavy atom. The lowest BCUT2D eigenvalue weighted by atomic mass is 10.2. The van der Waals surface area contributed by atoms with E-state index in [0.29, 0.717) is 36.6 Å². The van der Waals surface area contributed by atoms with Crippen LogP contribution in [0.4, 0.5) is 5.69 Å². The van der Waals surface area contributed by atoms with E-state index in [1.54, 1.807) is 29.9 Å². The lowest BCUT2D eigenvalue weighted by Crippen LogP contribution is -2.26. The first kappa shape index (κ1) is 18.6. The zero-order valence-electron chi connectivity index (χ0n) is 14.1. The molecule has 0 saturated heterocycles. The summed E-state index contributed by atoms with van der Waals surface area (Å²) in [5.74, 6) is 0.617. The molecule has 0 unspecified atom stereocenters. The first-order valence-electron chi connectivity index (χ1n) is 7.56. The van der Waals surface area contributed by atoms with Crippen LogP contribution in [-0.4, -0.2) is 39.9 Å². The molecule has 0 bridgehead atoms. The van der Waals surface area contributed by atoms with Crippen molar-refractivity contribution in [3.05, 3.63) is 43.5 Å². The fraction of sp³-hybridized carbons (Fsp3) is 0.235. The molecular weight excluding hydrogens is 338 g/mol. The van der Waals surface area contributed by atoms with Gasteiger partial charge in [-0.2, -0.15) is 0 Å². The van der Waals surface area contributed by atoms with E-state index in [2.05, 4.69) is 28.3 Å². The average molecular weight is 359 g/mol. The summed E-state index contributed by atoms with van der Waals surface area (Å²) in [5.41, 5.74) is 6.46. The average Bonchev–Trinajstić information content (AvgIpc) is 2.84. The van der Waals surface area contributed by atoms with Gasteiger partial charge in [-0.1, -0.05) is 12.2 Å². The summed E-state index contributed by atoms with van der Waals surface area (Å²) < 4.78 is 6.99. The Morgan fingerprint density at radius 2 is 2.08 bits per heavy atom. The lowest BCUT2D eigenvalue weighted by molar-refractivity contribution is 0.255. The van der Waals surface area contributed by atoms with Crippen LogP contribution in [0.1, 0.15) is 0 Å². The zero-order chi connectivity index (χ0) is 18.4. The Hall–Kier alpha value is -2.71. The fourth-order valence-electron chi connectivity index (χ4n) is 2.53. The number of azo groups is 1. The number of nitrogens with two attached hydrogens (primary N) is 1. The molecule has 1 aromatic carbocycles. The number of ether oxygens (including phenoxy) is 1. The van der Waals surface area contributed by atoms with Crippen molar-refractivity contribution in [1.82, 2.24) is 9.47 Å². The van der Waals surface area contributed by atoms with Gasteiger partial charge >= 0.3 is 0 Å². The van der Waals surface area contributed by atoms with E-state index in [4.69, 9.17) is 22.7 Å². The number of nitrogens with zero attached hydrogens (tertiary/aromatic N) is 4. The third-order valence-electron chi connectivity index (χ3n) is 3.58. The van der Waals surface area contributed by atoms with E-state index in [9.17, 15) is 5.11 Å². The summed E-state index contributed by atoms with van der Waals surface area (Å²) in [6.07, 6.45) is 3.59. The van der Waals surface area contributed by atoms with Gasteiger partial charge in [-0.15, -0.1) is 23.4 Å². The van der Waals surface area contributed by atoms with Gasteiger partial charge in [0.05, 0.1) is 19.3 Å². The second kappa shape index (κ2) is 8.41. The second-order valence-electron chi connectivity index (χ2n) is 5.28. The van der Waals surface area contributed by atoms with Gasteiger partial charge in [-0.25, -0.2) is 0 Å². The van der Waals surface area contributed by atoms with E-state index >= 15 is 0 Å². The molecule has 0 atom stereocenters. The minimum Gasteiger partial charge on any atom is -0.497 e. The number of fused-ring (bicyclic) bond motifs is 1. The predicted molar refractivity (Wildman–Crippen MR) is 103 cm³/mol. The second-order valence-corrected chi connectivity index (χ2v) is 5.69. The molecule has 2 aromatic rings. The third-order valence-corrected chi connectivity index (χ3v) is 3.66. The molecule has 0 aliphatic carbocycles. The molecule has 1 heterocycles. The van der Waals surface area contributed by atoms with Crippen LogP contribution in [0.25, 0.3) is 10.9 Å². The van der Waals surface area contributed by atoms with Crippen molar-refractivity contribution in [2.45, 2.75) is 6.67 Å². The van der Waals surface area contributed by atoms with Gasteiger partial charge in [-0.3, -0.25) is 9.47 Å².